The molecule has 0 atom stereocenters. The molecular weight excluding hydrogens is 273 g/mol. The Bertz CT molecular complexity index is 563. The molecule has 0 fully saturated rings. The van der Waals surface area contributed by atoms with Gasteiger partial charge in [-0.1, -0.05) is 0 Å². The van der Waals surface area contributed by atoms with Gasteiger partial charge in [-0.25, -0.2) is 4.79 Å². The molecule has 0 aliphatic heterocycles. The fourth-order valence-corrected chi connectivity index (χ4v) is 1.48. The lowest BCUT2D eigenvalue weighted by Crippen LogP contribution is -2.28. The van der Waals surface area contributed by atoms with Gasteiger partial charge < -0.3 is 10.6 Å². The fourth-order valence-electron chi connectivity index (χ4n) is 1.48. The minimum atomic E-state index is -4.39. The van der Waals surface area contributed by atoms with Crippen molar-refractivity contribution in [2.24, 2.45) is 0 Å². The van der Waals surface area contributed by atoms with Crippen LogP contribution >= 0.6 is 0 Å². The van der Waals surface area contributed by atoms with Crippen LogP contribution in [0, 0.1) is 0 Å². The van der Waals surface area contributed by atoms with Crippen LogP contribution in [0.5, 0.6) is 0 Å². The second-order valence-electron chi connectivity index (χ2n) is 3.96. The Hall–Kier alpha value is -2.51. The smallest absolute Gasteiger partial charge is 0.332 e. The van der Waals surface area contributed by atoms with E-state index < -0.39 is 17.8 Å². The molecule has 0 saturated heterocycles. The number of aromatic nitrogens is 2. The van der Waals surface area contributed by atoms with E-state index in [4.69, 9.17) is 0 Å². The van der Waals surface area contributed by atoms with Crippen molar-refractivity contribution in [2.75, 3.05) is 5.32 Å². The number of nitrogens with zero attached hydrogens (tertiary/aromatic N) is 1. The van der Waals surface area contributed by atoms with Gasteiger partial charge in [0.1, 0.15) is 0 Å². The van der Waals surface area contributed by atoms with E-state index in [1.807, 2.05) is 0 Å². The summed E-state index contributed by atoms with van der Waals surface area (Å²) in [4.78, 5) is 11.5. The van der Waals surface area contributed by atoms with Crippen LogP contribution in [-0.2, 0) is 12.7 Å². The number of benzene rings is 1. The highest BCUT2D eigenvalue weighted by Gasteiger charge is 2.29. The number of carbonyl (C=O) groups is 1. The van der Waals surface area contributed by atoms with Crippen LogP contribution in [0.3, 0.4) is 0 Å². The topological polar surface area (TPSA) is 69.8 Å². The van der Waals surface area contributed by atoms with Crippen molar-refractivity contribution < 1.29 is 18.0 Å². The molecule has 1 heterocycles. The maximum Gasteiger partial charge on any atom is 0.416 e. The SMILES string of the molecule is O=C(NCc1ccn[nH]1)Nc1ccc(C(F)(F)F)cc1. The van der Waals surface area contributed by atoms with E-state index in [1.54, 1.807) is 12.3 Å². The molecule has 2 aromatic rings. The minimum absolute atomic E-state index is 0.243. The van der Waals surface area contributed by atoms with E-state index >= 15 is 0 Å². The van der Waals surface area contributed by atoms with Crippen molar-refractivity contribution in [3.63, 3.8) is 0 Å². The molecule has 20 heavy (non-hydrogen) atoms. The van der Waals surface area contributed by atoms with Gasteiger partial charge in [0.2, 0.25) is 0 Å². The number of aromatic amines is 1. The Balaban J connectivity index is 1.88. The van der Waals surface area contributed by atoms with Gasteiger partial charge in [0.15, 0.2) is 0 Å². The van der Waals surface area contributed by atoms with Gasteiger partial charge in [-0.15, -0.1) is 0 Å². The van der Waals surface area contributed by atoms with Crippen molar-refractivity contribution in [1.82, 2.24) is 15.5 Å². The van der Waals surface area contributed by atoms with E-state index in [2.05, 4.69) is 20.8 Å². The molecule has 2 rings (SSSR count). The van der Waals surface area contributed by atoms with Crippen molar-refractivity contribution in [3.8, 4) is 0 Å². The molecule has 106 valence electrons. The van der Waals surface area contributed by atoms with Crippen LogP contribution in [0.1, 0.15) is 11.3 Å². The van der Waals surface area contributed by atoms with Gasteiger partial charge >= 0.3 is 12.2 Å². The number of anilines is 1. The Kier molecular flexibility index (Phi) is 3.92. The molecule has 0 aliphatic carbocycles. The number of carbonyl (C=O) groups excluding carboxylic acids is 1. The molecular formula is C12H11F3N4O. The summed E-state index contributed by atoms with van der Waals surface area (Å²) in [6.45, 7) is 0.243. The Morgan fingerprint density at radius 3 is 2.45 bits per heavy atom. The predicted octanol–water partition coefficient (Wildman–Crippen LogP) is 2.75. The van der Waals surface area contributed by atoms with Crippen molar-refractivity contribution in [2.45, 2.75) is 12.7 Å². The monoisotopic (exact) mass is 284 g/mol. The summed E-state index contributed by atoms with van der Waals surface area (Å²) in [5.41, 5.74) is 0.230. The van der Waals surface area contributed by atoms with E-state index in [0.29, 0.717) is 5.69 Å². The van der Waals surface area contributed by atoms with Gasteiger partial charge in [-0.05, 0) is 30.3 Å². The third kappa shape index (κ3) is 3.74. The first-order valence-corrected chi connectivity index (χ1v) is 5.65. The lowest BCUT2D eigenvalue weighted by Gasteiger charge is -2.09. The number of hydrogen-bond donors (Lipinski definition) is 3. The Morgan fingerprint density at radius 2 is 1.90 bits per heavy atom. The third-order valence-electron chi connectivity index (χ3n) is 2.47. The van der Waals surface area contributed by atoms with Crippen molar-refractivity contribution >= 4 is 11.7 Å². The average molecular weight is 284 g/mol. The van der Waals surface area contributed by atoms with E-state index in [0.717, 1.165) is 12.1 Å². The molecule has 8 heteroatoms. The predicted molar refractivity (Wildman–Crippen MR) is 65.9 cm³/mol. The second kappa shape index (κ2) is 5.64. The summed E-state index contributed by atoms with van der Waals surface area (Å²) in [7, 11) is 0. The summed E-state index contributed by atoms with van der Waals surface area (Å²) in [5.74, 6) is 0. The number of urea groups is 1. The summed E-state index contributed by atoms with van der Waals surface area (Å²) in [6.07, 6.45) is -2.84. The lowest BCUT2D eigenvalue weighted by atomic mass is 10.2. The van der Waals surface area contributed by atoms with E-state index in [-0.39, 0.29) is 12.2 Å². The first kappa shape index (κ1) is 13.9. The number of hydrogen-bond acceptors (Lipinski definition) is 2. The van der Waals surface area contributed by atoms with Gasteiger partial charge in [-0.3, -0.25) is 5.10 Å². The fraction of sp³-hybridized carbons (Fsp3) is 0.167. The van der Waals surface area contributed by atoms with Gasteiger partial charge in [0, 0.05) is 11.9 Å². The molecule has 3 N–H and O–H groups in total. The third-order valence-corrected chi connectivity index (χ3v) is 2.47. The normalized spacial score (nSPS) is 11.2. The largest absolute Gasteiger partial charge is 0.416 e. The summed E-state index contributed by atoms with van der Waals surface area (Å²) in [6, 6.07) is 5.38. The zero-order valence-corrected chi connectivity index (χ0v) is 10.2. The molecule has 0 radical (unpaired) electrons. The maximum absolute atomic E-state index is 12.4. The zero-order chi connectivity index (χ0) is 14.6. The number of nitrogens with one attached hydrogen (secondary N) is 3. The minimum Gasteiger partial charge on any atom is -0.332 e. The average Bonchev–Trinajstić information content (AvgIpc) is 2.89. The summed E-state index contributed by atoms with van der Waals surface area (Å²) in [5, 5.41) is 11.3. The second-order valence-corrected chi connectivity index (χ2v) is 3.96. The Morgan fingerprint density at radius 1 is 1.20 bits per heavy atom. The zero-order valence-electron chi connectivity index (χ0n) is 10.2. The molecule has 0 saturated carbocycles. The lowest BCUT2D eigenvalue weighted by molar-refractivity contribution is -0.137. The quantitative estimate of drug-likeness (QED) is 0.811. The Labute approximate surface area is 112 Å². The van der Waals surface area contributed by atoms with Gasteiger partial charge in [0.05, 0.1) is 17.8 Å². The highest BCUT2D eigenvalue weighted by Crippen LogP contribution is 2.29. The number of H-pyrrole nitrogens is 1. The van der Waals surface area contributed by atoms with Crippen molar-refractivity contribution in [1.29, 1.82) is 0 Å². The van der Waals surface area contributed by atoms with E-state index in [1.165, 1.54) is 12.1 Å². The summed E-state index contributed by atoms with van der Waals surface area (Å²) < 4.78 is 37.1. The molecule has 0 bridgehead atoms. The molecule has 0 spiro atoms. The highest BCUT2D eigenvalue weighted by molar-refractivity contribution is 5.89. The van der Waals surface area contributed by atoms with Gasteiger partial charge in [0.25, 0.3) is 0 Å². The molecule has 2 amide bonds. The molecule has 1 aromatic heterocycles. The molecule has 1 aromatic carbocycles. The van der Waals surface area contributed by atoms with Crippen LogP contribution in [0.4, 0.5) is 23.7 Å². The van der Waals surface area contributed by atoms with Crippen LogP contribution < -0.4 is 10.6 Å². The summed E-state index contributed by atoms with van der Waals surface area (Å²) >= 11 is 0. The number of rotatable bonds is 3. The first-order chi connectivity index (χ1) is 9.45. The number of halogens is 3. The van der Waals surface area contributed by atoms with Crippen LogP contribution in [0.2, 0.25) is 0 Å². The van der Waals surface area contributed by atoms with Gasteiger partial charge in [-0.2, -0.15) is 18.3 Å². The molecule has 0 unspecified atom stereocenters. The molecule has 5 nitrogen and oxygen atoms in total. The number of alkyl halides is 3. The van der Waals surface area contributed by atoms with Crippen LogP contribution in [-0.4, -0.2) is 16.2 Å². The number of amides is 2. The molecule has 0 aliphatic rings. The maximum atomic E-state index is 12.4. The first-order valence-electron chi connectivity index (χ1n) is 5.65. The van der Waals surface area contributed by atoms with Crippen LogP contribution in [0.15, 0.2) is 36.5 Å². The van der Waals surface area contributed by atoms with Crippen LogP contribution in [0.25, 0.3) is 0 Å². The van der Waals surface area contributed by atoms with Crippen molar-refractivity contribution in [3.05, 3.63) is 47.8 Å². The van der Waals surface area contributed by atoms with E-state index in [9.17, 15) is 18.0 Å². The highest BCUT2D eigenvalue weighted by atomic mass is 19.4. The standard InChI is InChI=1S/C12H11F3N4O/c13-12(14,15)8-1-3-9(4-2-8)18-11(20)16-7-10-5-6-17-19-10/h1-6H,7H2,(H,17,19)(H2,16,18,20).